The van der Waals surface area contributed by atoms with Crippen LogP contribution in [0.3, 0.4) is 0 Å². The number of methoxy groups -OCH3 is 1. The van der Waals surface area contributed by atoms with Crippen molar-refractivity contribution in [3.8, 4) is 5.75 Å². The first kappa shape index (κ1) is 17.1. The number of piperazine rings is 1. The molecule has 2 heterocycles. The maximum atomic E-state index is 12.9. The Morgan fingerprint density at radius 3 is 2.48 bits per heavy atom. The first-order valence-corrected chi connectivity index (χ1v) is 8.41. The molecule has 6 heteroatoms. The van der Waals surface area contributed by atoms with Crippen LogP contribution in [0.4, 0.5) is 11.5 Å². The van der Waals surface area contributed by atoms with Crippen molar-refractivity contribution >= 4 is 17.4 Å². The Balaban J connectivity index is 1.71. The first-order valence-electron chi connectivity index (χ1n) is 8.41. The lowest BCUT2D eigenvalue weighted by molar-refractivity contribution is 0.0747. The molecule has 6 nitrogen and oxygen atoms in total. The van der Waals surface area contributed by atoms with E-state index in [1.807, 2.05) is 54.2 Å². The molecule has 0 unspecified atom stereocenters. The highest BCUT2D eigenvalue weighted by atomic mass is 16.5. The van der Waals surface area contributed by atoms with Gasteiger partial charge in [-0.25, -0.2) is 4.98 Å². The summed E-state index contributed by atoms with van der Waals surface area (Å²) < 4.78 is 5.45. The molecule has 1 aromatic heterocycles. The van der Waals surface area contributed by atoms with Gasteiger partial charge in [0.1, 0.15) is 11.6 Å². The number of nitrogens with zero attached hydrogens (tertiary/aromatic N) is 4. The molecule has 0 N–H and O–H groups in total. The zero-order chi connectivity index (χ0) is 17.8. The predicted octanol–water partition coefficient (Wildman–Crippen LogP) is 2.12. The molecule has 0 bridgehead atoms. The second-order valence-corrected chi connectivity index (χ2v) is 6.22. The molecule has 132 valence electrons. The molecule has 1 aliphatic rings. The molecule has 1 saturated heterocycles. The monoisotopic (exact) mass is 340 g/mol. The maximum Gasteiger partial charge on any atom is 0.257 e. The van der Waals surface area contributed by atoms with E-state index in [-0.39, 0.29) is 5.91 Å². The van der Waals surface area contributed by atoms with Crippen molar-refractivity contribution in [3.63, 3.8) is 0 Å². The Morgan fingerprint density at radius 2 is 1.80 bits per heavy atom. The Labute approximate surface area is 148 Å². The van der Waals surface area contributed by atoms with Crippen LogP contribution in [-0.4, -0.2) is 63.2 Å². The van der Waals surface area contributed by atoms with E-state index >= 15 is 0 Å². The number of pyridine rings is 1. The molecular formula is C19H24N4O2. The molecule has 0 atom stereocenters. The molecule has 0 spiro atoms. The summed E-state index contributed by atoms with van der Waals surface area (Å²) in [6.45, 7) is 2.92. The van der Waals surface area contributed by atoms with Gasteiger partial charge in [0.15, 0.2) is 0 Å². The van der Waals surface area contributed by atoms with Crippen molar-refractivity contribution in [3.05, 3.63) is 48.2 Å². The maximum absolute atomic E-state index is 12.9. The van der Waals surface area contributed by atoms with Gasteiger partial charge in [0.25, 0.3) is 5.91 Å². The van der Waals surface area contributed by atoms with Crippen molar-refractivity contribution in [2.75, 3.05) is 57.2 Å². The van der Waals surface area contributed by atoms with E-state index in [1.54, 1.807) is 13.3 Å². The molecule has 25 heavy (non-hydrogen) atoms. The summed E-state index contributed by atoms with van der Waals surface area (Å²) in [6.07, 6.45) is 1.71. The van der Waals surface area contributed by atoms with E-state index < -0.39 is 0 Å². The van der Waals surface area contributed by atoms with Crippen molar-refractivity contribution in [1.29, 1.82) is 0 Å². The average molecular weight is 340 g/mol. The van der Waals surface area contributed by atoms with Crippen molar-refractivity contribution in [2.45, 2.75) is 0 Å². The Bertz CT molecular complexity index is 740. The summed E-state index contributed by atoms with van der Waals surface area (Å²) in [4.78, 5) is 23.3. The van der Waals surface area contributed by atoms with Crippen LogP contribution in [0.1, 0.15) is 10.4 Å². The van der Waals surface area contributed by atoms with E-state index in [2.05, 4.69) is 16.0 Å². The Kier molecular flexibility index (Phi) is 5.07. The smallest absolute Gasteiger partial charge is 0.257 e. The number of benzene rings is 1. The lowest BCUT2D eigenvalue weighted by Crippen LogP contribution is -2.49. The van der Waals surface area contributed by atoms with E-state index in [1.165, 1.54) is 0 Å². The van der Waals surface area contributed by atoms with Gasteiger partial charge in [-0.1, -0.05) is 12.1 Å². The average Bonchev–Trinajstić information content (AvgIpc) is 2.67. The van der Waals surface area contributed by atoms with Gasteiger partial charge < -0.3 is 19.4 Å². The number of hydrogen-bond donors (Lipinski definition) is 0. The summed E-state index contributed by atoms with van der Waals surface area (Å²) >= 11 is 0. The SMILES string of the molecule is COc1ccccc1N1CCN(C(=O)c2cccnc2N(C)C)CC1. The van der Waals surface area contributed by atoms with E-state index in [4.69, 9.17) is 4.74 Å². The molecule has 3 rings (SSSR count). The largest absolute Gasteiger partial charge is 0.495 e. The van der Waals surface area contributed by atoms with Crippen molar-refractivity contribution < 1.29 is 9.53 Å². The molecule has 1 amide bonds. The predicted molar refractivity (Wildman–Crippen MR) is 99.7 cm³/mol. The van der Waals surface area contributed by atoms with Crippen LogP contribution in [0.5, 0.6) is 5.75 Å². The van der Waals surface area contributed by atoms with Crippen LogP contribution in [-0.2, 0) is 0 Å². The highest BCUT2D eigenvalue weighted by Crippen LogP contribution is 2.28. The minimum Gasteiger partial charge on any atom is -0.495 e. The number of anilines is 2. The Morgan fingerprint density at radius 1 is 1.08 bits per heavy atom. The zero-order valence-corrected chi connectivity index (χ0v) is 15.0. The quantitative estimate of drug-likeness (QED) is 0.853. The van der Waals surface area contributed by atoms with E-state index in [0.29, 0.717) is 24.5 Å². The standard InChI is InChI=1S/C19H24N4O2/c1-21(2)18-15(7-6-10-20-18)19(24)23-13-11-22(12-14-23)16-8-4-5-9-17(16)25-3/h4-10H,11-14H2,1-3H3. The van der Waals surface area contributed by atoms with Gasteiger partial charge in [-0.15, -0.1) is 0 Å². The van der Waals surface area contributed by atoms with Crippen LogP contribution >= 0.6 is 0 Å². The fraction of sp³-hybridized carbons (Fsp3) is 0.368. The summed E-state index contributed by atoms with van der Waals surface area (Å²) in [6, 6.07) is 11.7. The lowest BCUT2D eigenvalue weighted by Gasteiger charge is -2.37. The number of ether oxygens (including phenoxy) is 1. The Hall–Kier alpha value is -2.76. The fourth-order valence-corrected chi connectivity index (χ4v) is 3.13. The number of aromatic nitrogens is 1. The van der Waals surface area contributed by atoms with Crippen LogP contribution < -0.4 is 14.5 Å². The second kappa shape index (κ2) is 7.42. The van der Waals surface area contributed by atoms with Crippen LogP contribution in [0.2, 0.25) is 0 Å². The van der Waals surface area contributed by atoms with Gasteiger partial charge in [0.2, 0.25) is 0 Å². The minimum atomic E-state index is 0.0384. The van der Waals surface area contributed by atoms with Crippen LogP contribution in [0.25, 0.3) is 0 Å². The normalized spacial score (nSPS) is 14.4. The zero-order valence-electron chi connectivity index (χ0n) is 15.0. The first-order chi connectivity index (χ1) is 12.1. The molecule has 1 aromatic carbocycles. The van der Waals surface area contributed by atoms with Crippen molar-refractivity contribution in [2.24, 2.45) is 0 Å². The number of hydrogen-bond acceptors (Lipinski definition) is 5. The summed E-state index contributed by atoms with van der Waals surface area (Å²) in [5.74, 6) is 1.61. The third-order valence-corrected chi connectivity index (χ3v) is 4.43. The van der Waals surface area contributed by atoms with Crippen LogP contribution in [0.15, 0.2) is 42.6 Å². The van der Waals surface area contributed by atoms with Crippen molar-refractivity contribution in [1.82, 2.24) is 9.88 Å². The summed E-state index contributed by atoms with van der Waals surface area (Å²) in [7, 11) is 5.49. The molecule has 1 aliphatic heterocycles. The third-order valence-electron chi connectivity index (χ3n) is 4.43. The second-order valence-electron chi connectivity index (χ2n) is 6.22. The highest BCUT2D eigenvalue weighted by Gasteiger charge is 2.25. The molecule has 2 aromatic rings. The van der Waals surface area contributed by atoms with Gasteiger partial charge in [-0.2, -0.15) is 0 Å². The topological polar surface area (TPSA) is 48.9 Å². The van der Waals surface area contributed by atoms with Gasteiger partial charge in [-0.3, -0.25) is 4.79 Å². The van der Waals surface area contributed by atoms with Gasteiger partial charge in [-0.05, 0) is 24.3 Å². The number of rotatable bonds is 4. The van der Waals surface area contributed by atoms with E-state index in [0.717, 1.165) is 24.5 Å². The fourth-order valence-electron chi connectivity index (χ4n) is 3.13. The van der Waals surface area contributed by atoms with Gasteiger partial charge in [0, 0.05) is 46.5 Å². The minimum absolute atomic E-state index is 0.0384. The van der Waals surface area contributed by atoms with Gasteiger partial charge in [0.05, 0.1) is 18.4 Å². The number of amides is 1. The summed E-state index contributed by atoms with van der Waals surface area (Å²) in [5, 5.41) is 0. The molecule has 0 aliphatic carbocycles. The lowest BCUT2D eigenvalue weighted by atomic mass is 10.1. The highest BCUT2D eigenvalue weighted by molar-refractivity contribution is 5.99. The van der Waals surface area contributed by atoms with E-state index in [9.17, 15) is 4.79 Å². The summed E-state index contributed by atoms with van der Waals surface area (Å²) in [5.41, 5.74) is 1.73. The molecular weight excluding hydrogens is 316 g/mol. The molecule has 1 fully saturated rings. The number of carbonyl (C=O) groups excluding carboxylic acids is 1. The number of para-hydroxylation sites is 2. The van der Waals surface area contributed by atoms with Crippen LogP contribution in [0, 0.1) is 0 Å². The van der Waals surface area contributed by atoms with Gasteiger partial charge >= 0.3 is 0 Å². The molecule has 0 saturated carbocycles. The molecule has 0 radical (unpaired) electrons. The third kappa shape index (κ3) is 3.52. The number of carbonyl (C=O) groups is 1.